The number of epoxide rings is 1. The van der Waals surface area contributed by atoms with Crippen LogP contribution in [-0.2, 0) is 25.7 Å². The van der Waals surface area contributed by atoms with Gasteiger partial charge in [0.05, 0.1) is 0 Å². The second-order valence-corrected chi connectivity index (χ2v) is 11.1. The Morgan fingerprint density at radius 3 is 2.58 bits per heavy atom. The molecule has 3 N–H and O–H groups in total. The van der Waals surface area contributed by atoms with Crippen LogP contribution in [0.1, 0.15) is 84.7 Å². The minimum absolute atomic E-state index is 0.00638. The number of cyclic esters (lactones) is 1. The van der Waals surface area contributed by atoms with E-state index in [4.69, 9.17) is 19.0 Å². The third kappa shape index (κ3) is 6.04. The van der Waals surface area contributed by atoms with Crippen LogP contribution in [0.3, 0.4) is 0 Å². The van der Waals surface area contributed by atoms with E-state index < -0.39 is 47.4 Å². The van der Waals surface area contributed by atoms with E-state index in [1.54, 1.807) is 20.8 Å². The van der Waals surface area contributed by atoms with E-state index in [0.29, 0.717) is 19.3 Å². The Morgan fingerprint density at radius 1 is 1.25 bits per heavy atom. The highest BCUT2D eigenvalue weighted by molar-refractivity contribution is 5.86. The van der Waals surface area contributed by atoms with E-state index in [0.717, 1.165) is 18.8 Å². The number of ether oxygens (including phenoxy) is 2. The molecule has 3 rings (SSSR count). The highest BCUT2D eigenvalue weighted by Crippen LogP contribution is 2.53. The van der Waals surface area contributed by atoms with Crippen LogP contribution in [0.15, 0.2) is 16.5 Å². The van der Waals surface area contributed by atoms with Gasteiger partial charge in [-0.3, -0.25) is 9.59 Å². The van der Waals surface area contributed by atoms with Gasteiger partial charge in [0.15, 0.2) is 12.2 Å². The number of carbonyl (C=O) groups is 2. The Bertz CT molecular complexity index is 990. The minimum Gasteiger partial charge on any atom is -0.452 e. The van der Waals surface area contributed by atoms with Crippen LogP contribution in [0.5, 0.6) is 0 Å². The van der Waals surface area contributed by atoms with E-state index >= 15 is 4.39 Å². The lowest BCUT2D eigenvalue weighted by Gasteiger charge is -2.29. The first kappa shape index (κ1) is 28.4. The van der Waals surface area contributed by atoms with Crippen LogP contribution in [0.4, 0.5) is 4.39 Å². The van der Waals surface area contributed by atoms with Gasteiger partial charge in [-0.25, -0.2) is 9.37 Å². The molecular weight excluding hydrogens is 473 g/mol. The molecule has 2 aliphatic heterocycles. The number of aromatic nitrogens is 1. The molecule has 0 bridgehead atoms. The largest absolute Gasteiger partial charge is 0.452 e. The zero-order valence-electron chi connectivity index (χ0n) is 21.6. The standard InChI is InChI=1S/C26H38FNO8/c1-15-7-6-9-25(5)26(33,36-25)23(32)21(18(27)12-17-14-34-19(13-29)28-17)35-20(30)8-10-24(3,4)22(31)16(2)11-15/h12,14-16,21,23,29,32-33H,6-11,13H2,1-5H3. The summed E-state index contributed by atoms with van der Waals surface area (Å²) in [5.41, 5.74) is -1.96. The van der Waals surface area contributed by atoms with Crippen molar-refractivity contribution in [3.05, 3.63) is 23.7 Å². The number of fused-ring (bicyclic) bond motifs is 1. The van der Waals surface area contributed by atoms with Crippen LogP contribution in [0, 0.1) is 17.3 Å². The van der Waals surface area contributed by atoms with Gasteiger partial charge in [-0.1, -0.05) is 40.5 Å². The lowest BCUT2D eigenvalue weighted by atomic mass is 9.75. The number of aliphatic hydroxyl groups is 3. The van der Waals surface area contributed by atoms with Crippen LogP contribution in [0.25, 0.3) is 6.08 Å². The molecule has 202 valence electrons. The maximum absolute atomic E-state index is 15.4. The molecule has 3 heterocycles. The zero-order chi connectivity index (χ0) is 26.9. The average Bonchev–Trinajstić information content (AvgIpc) is 3.13. The topological polar surface area (TPSA) is 143 Å². The Balaban J connectivity index is 1.90. The number of Topliss-reactive ketones (excluding diaryl/α,β-unsaturated/α-hetero) is 1. The van der Waals surface area contributed by atoms with Gasteiger partial charge in [0.2, 0.25) is 11.7 Å². The normalized spacial score (nSPS) is 36.8. The molecule has 1 aromatic rings. The first-order valence-electron chi connectivity index (χ1n) is 12.5. The van der Waals surface area contributed by atoms with E-state index in [1.165, 1.54) is 0 Å². The van der Waals surface area contributed by atoms with Gasteiger partial charge in [0.25, 0.3) is 0 Å². The number of oxazole rings is 1. The van der Waals surface area contributed by atoms with Crippen molar-refractivity contribution in [2.45, 2.75) is 103 Å². The number of rotatable bonds is 3. The minimum atomic E-state index is -2.12. The quantitative estimate of drug-likeness (QED) is 0.411. The summed E-state index contributed by atoms with van der Waals surface area (Å²) in [5, 5.41) is 31.2. The fourth-order valence-electron chi connectivity index (χ4n) is 5.11. The summed E-state index contributed by atoms with van der Waals surface area (Å²) in [7, 11) is 0. The SMILES string of the molecule is CC1CCCC2(C)OC2(O)C(O)C(C(F)=Cc2coc(CO)n2)OC(=O)CCC(C)(C)C(=O)C(C)C1. The van der Waals surface area contributed by atoms with Crippen molar-refractivity contribution in [2.75, 3.05) is 0 Å². The molecule has 0 radical (unpaired) electrons. The Morgan fingerprint density at radius 2 is 1.94 bits per heavy atom. The molecule has 6 atom stereocenters. The van der Waals surface area contributed by atoms with Crippen molar-refractivity contribution in [1.29, 1.82) is 0 Å². The number of halogens is 1. The highest BCUT2D eigenvalue weighted by Gasteiger charge is 2.72. The maximum Gasteiger partial charge on any atom is 0.306 e. The second-order valence-electron chi connectivity index (χ2n) is 11.1. The Labute approximate surface area is 210 Å². The number of hydrogen-bond acceptors (Lipinski definition) is 9. The molecular formula is C26H38FNO8. The molecule has 2 aliphatic rings. The first-order valence-corrected chi connectivity index (χ1v) is 12.5. The van der Waals surface area contributed by atoms with E-state index in [2.05, 4.69) is 11.9 Å². The highest BCUT2D eigenvalue weighted by atomic mass is 19.1. The zero-order valence-corrected chi connectivity index (χ0v) is 21.6. The molecule has 0 spiro atoms. The monoisotopic (exact) mass is 511 g/mol. The molecule has 6 unspecified atom stereocenters. The first-order chi connectivity index (χ1) is 16.7. The molecule has 9 nitrogen and oxygen atoms in total. The van der Waals surface area contributed by atoms with Crippen LogP contribution >= 0.6 is 0 Å². The molecule has 1 aromatic heterocycles. The summed E-state index contributed by atoms with van der Waals surface area (Å²) in [5.74, 6) is -3.97. The second kappa shape index (κ2) is 10.7. The Kier molecular flexibility index (Phi) is 8.44. The van der Waals surface area contributed by atoms with Gasteiger partial charge in [-0.15, -0.1) is 0 Å². The molecule has 36 heavy (non-hydrogen) atoms. The van der Waals surface area contributed by atoms with E-state index in [9.17, 15) is 19.8 Å². The van der Waals surface area contributed by atoms with E-state index in [-0.39, 0.29) is 42.0 Å². The predicted molar refractivity (Wildman–Crippen MR) is 127 cm³/mol. The van der Waals surface area contributed by atoms with Gasteiger partial charge in [-0.2, -0.15) is 0 Å². The summed E-state index contributed by atoms with van der Waals surface area (Å²) in [4.78, 5) is 29.7. The third-order valence-corrected chi connectivity index (χ3v) is 7.48. The van der Waals surface area contributed by atoms with Crippen molar-refractivity contribution in [3.8, 4) is 0 Å². The van der Waals surface area contributed by atoms with Crippen LogP contribution in [0.2, 0.25) is 0 Å². The molecule has 0 aliphatic carbocycles. The number of ketones is 1. The number of carbonyl (C=O) groups excluding carboxylic acids is 2. The van der Waals surface area contributed by atoms with Crippen molar-refractivity contribution in [1.82, 2.24) is 4.98 Å². The predicted octanol–water partition coefficient (Wildman–Crippen LogP) is 3.45. The fourth-order valence-corrected chi connectivity index (χ4v) is 5.11. The van der Waals surface area contributed by atoms with E-state index in [1.807, 2.05) is 6.92 Å². The number of nitrogens with zero attached hydrogens (tertiary/aromatic N) is 1. The summed E-state index contributed by atoms with van der Waals surface area (Å²) in [6, 6.07) is 0. The van der Waals surface area contributed by atoms with Gasteiger partial charge in [-0.05, 0) is 32.1 Å². The maximum atomic E-state index is 15.4. The summed E-state index contributed by atoms with van der Waals surface area (Å²) in [6.07, 6.45) is 0.697. The molecule has 2 saturated heterocycles. The Hall–Kier alpha value is -2.14. The van der Waals surface area contributed by atoms with Crippen molar-refractivity contribution in [2.24, 2.45) is 17.3 Å². The van der Waals surface area contributed by atoms with Gasteiger partial charge < -0.3 is 29.2 Å². The fraction of sp³-hybridized carbons (Fsp3) is 0.731. The third-order valence-electron chi connectivity index (χ3n) is 7.48. The summed E-state index contributed by atoms with van der Waals surface area (Å²) in [6.45, 7) is 8.63. The van der Waals surface area contributed by atoms with Crippen molar-refractivity contribution in [3.63, 3.8) is 0 Å². The van der Waals surface area contributed by atoms with Crippen molar-refractivity contribution >= 4 is 17.8 Å². The number of aliphatic hydroxyl groups excluding tert-OH is 2. The summed E-state index contributed by atoms with van der Waals surface area (Å²) >= 11 is 0. The lowest BCUT2D eigenvalue weighted by Crippen LogP contribution is -2.46. The van der Waals surface area contributed by atoms with Crippen LogP contribution < -0.4 is 0 Å². The van der Waals surface area contributed by atoms with Gasteiger partial charge >= 0.3 is 5.97 Å². The molecule has 0 saturated carbocycles. The molecule has 0 aromatic carbocycles. The number of esters is 1. The van der Waals surface area contributed by atoms with Gasteiger partial charge in [0, 0.05) is 23.8 Å². The lowest BCUT2D eigenvalue weighted by molar-refractivity contribution is -0.167. The smallest absolute Gasteiger partial charge is 0.306 e. The van der Waals surface area contributed by atoms with Crippen LogP contribution in [-0.4, -0.2) is 55.7 Å². The molecule has 10 heteroatoms. The number of hydrogen-bond donors (Lipinski definition) is 3. The molecule has 0 amide bonds. The average molecular weight is 512 g/mol. The van der Waals surface area contributed by atoms with Gasteiger partial charge in [0.1, 0.15) is 35.8 Å². The summed E-state index contributed by atoms with van der Waals surface area (Å²) < 4.78 is 31.2. The van der Waals surface area contributed by atoms with Crippen molar-refractivity contribution < 1.29 is 43.2 Å². The molecule has 2 fully saturated rings.